The quantitative estimate of drug-likeness (QED) is 0.275. The fraction of sp³-hybridized carbons (Fsp3) is 0.471. The zero-order valence-corrected chi connectivity index (χ0v) is 13.7. The van der Waals surface area contributed by atoms with Crippen molar-refractivity contribution in [1.82, 2.24) is 5.48 Å². The summed E-state index contributed by atoms with van der Waals surface area (Å²) < 4.78 is 10.9. The van der Waals surface area contributed by atoms with E-state index < -0.39 is 18.1 Å². The molecule has 0 saturated heterocycles. The van der Waals surface area contributed by atoms with Crippen LogP contribution in [0.4, 0.5) is 0 Å². The predicted molar refractivity (Wildman–Crippen MR) is 87.7 cm³/mol. The second kappa shape index (κ2) is 11.6. The van der Waals surface area contributed by atoms with Crippen molar-refractivity contribution < 1.29 is 29.7 Å². The van der Waals surface area contributed by atoms with Crippen molar-refractivity contribution in [1.29, 1.82) is 0 Å². The molecule has 0 aliphatic heterocycles. The van der Waals surface area contributed by atoms with Gasteiger partial charge < -0.3 is 19.7 Å². The number of hydroxylamine groups is 1. The van der Waals surface area contributed by atoms with Crippen LogP contribution in [0.1, 0.15) is 31.4 Å². The van der Waals surface area contributed by atoms with Gasteiger partial charge in [0.1, 0.15) is 18.5 Å². The molecule has 1 aromatic carbocycles. The maximum Gasteiger partial charge on any atom is 0.267 e. The Labute approximate surface area is 141 Å². The third kappa shape index (κ3) is 7.10. The van der Waals surface area contributed by atoms with Crippen molar-refractivity contribution in [3.05, 3.63) is 42.0 Å². The number of amides is 1. The molecule has 2 atom stereocenters. The number of rotatable bonds is 11. The maximum absolute atomic E-state index is 10.9. The molecule has 7 heteroatoms. The number of hydrogen-bond acceptors (Lipinski definition) is 6. The maximum atomic E-state index is 10.9. The molecule has 0 unspecified atom stereocenters. The molecule has 0 aliphatic rings. The van der Waals surface area contributed by atoms with E-state index in [9.17, 15) is 9.90 Å². The minimum absolute atomic E-state index is 0.0812. The van der Waals surface area contributed by atoms with Gasteiger partial charge in [0, 0.05) is 12.7 Å². The molecule has 0 bridgehead atoms. The first-order valence-electron chi connectivity index (χ1n) is 7.86. The lowest BCUT2D eigenvalue weighted by atomic mass is 10.00. The SMILES string of the molecule is CCO[C@H](CC/C=C/C(=O)NO)[C@H](O)c1cccc(OCCO)c1. The highest BCUT2D eigenvalue weighted by Gasteiger charge is 2.21. The third-order valence-corrected chi connectivity index (χ3v) is 3.29. The topological polar surface area (TPSA) is 108 Å². The summed E-state index contributed by atoms with van der Waals surface area (Å²) in [6, 6.07) is 7.00. The third-order valence-electron chi connectivity index (χ3n) is 3.29. The molecule has 0 fully saturated rings. The average Bonchev–Trinajstić information content (AvgIpc) is 2.61. The van der Waals surface area contributed by atoms with Crippen LogP contribution in [-0.4, -0.2) is 47.3 Å². The van der Waals surface area contributed by atoms with E-state index in [-0.39, 0.29) is 13.2 Å². The Morgan fingerprint density at radius 1 is 1.42 bits per heavy atom. The van der Waals surface area contributed by atoms with E-state index in [2.05, 4.69) is 0 Å². The minimum atomic E-state index is -0.845. The van der Waals surface area contributed by atoms with E-state index in [1.54, 1.807) is 30.3 Å². The molecule has 7 nitrogen and oxygen atoms in total. The van der Waals surface area contributed by atoms with Crippen LogP contribution in [0.3, 0.4) is 0 Å². The van der Waals surface area contributed by atoms with Gasteiger partial charge in [-0.05, 0) is 37.5 Å². The normalized spacial score (nSPS) is 13.7. The highest BCUT2D eigenvalue weighted by Crippen LogP contribution is 2.26. The molecule has 0 spiro atoms. The Kier molecular flexibility index (Phi) is 9.71. The molecule has 1 rings (SSSR count). The monoisotopic (exact) mass is 339 g/mol. The summed E-state index contributed by atoms with van der Waals surface area (Å²) in [5.74, 6) is -0.0346. The lowest BCUT2D eigenvalue weighted by molar-refractivity contribution is -0.124. The van der Waals surface area contributed by atoms with Gasteiger partial charge in [-0.3, -0.25) is 10.0 Å². The average molecular weight is 339 g/mol. The van der Waals surface area contributed by atoms with Crippen LogP contribution >= 0.6 is 0 Å². The molecule has 1 aromatic rings. The van der Waals surface area contributed by atoms with E-state index in [0.29, 0.717) is 30.8 Å². The van der Waals surface area contributed by atoms with E-state index in [4.69, 9.17) is 19.8 Å². The second-order valence-electron chi connectivity index (χ2n) is 5.04. The number of hydrogen-bond donors (Lipinski definition) is 4. The number of carbonyl (C=O) groups is 1. The number of benzene rings is 1. The molecule has 1 amide bonds. The molecule has 0 heterocycles. The number of allylic oxidation sites excluding steroid dienone is 1. The van der Waals surface area contributed by atoms with E-state index in [0.717, 1.165) is 0 Å². The van der Waals surface area contributed by atoms with Gasteiger partial charge in [-0.15, -0.1) is 0 Å². The Morgan fingerprint density at radius 2 is 2.21 bits per heavy atom. The number of carbonyl (C=O) groups excluding carboxylic acids is 1. The highest BCUT2D eigenvalue weighted by atomic mass is 16.5. The van der Waals surface area contributed by atoms with Crippen molar-refractivity contribution in [2.75, 3.05) is 19.8 Å². The second-order valence-corrected chi connectivity index (χ2v) is 5.04. The fourth-order valence-corrected chi connectivity index (χ4v) is 2.20. The Hall–Kier alpha value is -1.93. The molecule has 0 saturated carbocycles. The summed E-state index contributed by atoms with van der Waals surface area (Å²) >= 11 is 0. The van der Waals surface area contributed by atoms with Gasteiger partial charge in [0.05, 0.1) is 12.7 Å². The van der Waals surface area contributed by atoms with Gasteiger partial charge in [-0.1, -0.05) is 18.2 Å². The van der Waals surface area contributed by atoms with E-state index in [1.807, 2.05) is 6.92 Å². The first kappa shape index (κ1) is 20.1. The molecule has 24 heavy (non-hydrogen) atoms. The molecular weight excluding hydrogens is 314 g/mol. The lowest BCUT2D eigenvalue weighted by Crippen LogP contribution is -2.22. The summed E-state index contributed by atoms with van der Waals surface area (Å²) in [6.07, 6.45) is 2.55. The summed E-state index contributed by atoms with van der Waals surface area (Å²) in [7, 11) is 0. The highest BCUT2D eigenvalue weighted by molar-refractivity contribution is 5.86. The summed E-state index contributed by atoms with van der Waals surface area (Å²) in [6.45, 7) is 2.40. The first-order valence-corrected chi connectivity index (χ1v) is 7.86. The van der Waals surface area contributed by atoms with Crippen LogP contribution < -0.4 is 10.2 Å². The molecular formula is C17H25NO6. The van der Waals surface area contributed by atoms with Gasteiger partial charge in [-0.2, -0.15) is 0 Å². The van der Waals surface area contributed by atoms with E-state index in [1.165, 1.54) is 11.6 Å². The Balaban J connectivity index is 2.69. The number of ether oxygens (including phenoxy) is 2. The Bertz CT molecular complexity index is 520. The van der Waals surface area contributed by atoms with Crippen LogP contribution in [0.25, 0.3) is 0 Å². The smallest absolute Gasteiger partial charge is 0.267 e. The largest absolute Gasteiger partial charge is 0.491 e. The van der Waals surface area contributed by atoms with Crippen molar-refractivity contribution in [3.63, 3.8) is 0 Å². The van der Waals surface area contributed by atoms with Crippen molar-refractivity contribution >= 4 is 5.91 Å². The van der Waals surface area contributed by atoms with Crippen LogP contribution in [0.15, 0.2) is 36.4 Å². The van der Waals surface area contributed by atoms with Gasteiger partial charge in [-0.25, -0.2) is 5.48 Å². The molecule has 134 valence electrons. The summed E-state index contributed by atoms with van der Waals surface area (Å²) in [4.78, 5) is 10.9. The standard InChI is InChI=1S/C17H25NO6/c1-2-23-15(8-3-4-9-16(20)18-22)17(21)13-6-5-7-14(12-13)24-11-10-19/h4-7,9,12,15,17,19,21-22H,2-3,8,10-11H2,1H3,(H,18,20)/b9-4+/t15-,17-/m1/s1. The number of aliphatic hydroxyl groups excluding tert-OH is 2. The van der Waals surface area contributed by atoms with Gasteiger partial charge >= 0.3 is 0 Å². The van der Waals surface area contributed by atoms with Crippen molar-refractivity contribution in [3.8, 4) is 5.75 Å². The van der Waals surface area contributed by atoms with Crippen LogP contribution in [0.5, 0.6) is 5.75 Å². The van der Waals surface area contributed by atoms with Gasteiger partial charge in [0.15, 0.2) is 0 Å². The zero-order chi connectivity index (χ0) is 17.8. The summed E-state index contributed by atoms with van der Waals surface area (Å²) in [5.41, 5.74) is 2.17. The Morgan fingerprint density at radius 3 is 2.88 bits per heavy atom. The fourth-order valence-electron chi connectivity index (χ4n) is 2.20. The van der Waals surface area contributed by atoms with Crippen LogP contribution in [0.2, 0.25) is 0 Å². The lowest BCUT2D eigenvalue weighted by Gasteiger charge is -2.23. The minimum Gasteiger partial charge on any atom is -0.491 e. The van der Waals surface area contributed by atoms with Crippen LogP contribution in [-0.2, 0) is 9.53 Å². The van der Waals surface area contributed by atoms with Crippen molar-refractivity contribution in [2.24, 2.45) is 0 Å². The molecule has 0 aliphatic carbocycles. The predicted octanol–water partition coefficient (Wildman–Crippen LogP) is 1.34. The molecule has 0 aromatic heterocycles. The molecule has 4 N–H and O–H groups in total. The van der Waals surface area contributed by atoms with Gasteiger partial charge in [0.2, 0.25) is 0 Å². The van der Waals surface area contributed by atoms with Crippen LogP contribution in [0, 0.1) is 0 Å². The summed E-state index contributed by atoms with van der Waals surface area (Å²) in [5, 5.41) is 27.7. The van der Waals surface area contributed by atoms with Gasteiger partial charge in [0.25, 0.3) is 5.91 Å². The van der Waals surface area contributed by atoms with E-state index >= 15 is 0 Å². The van der Waals surface area contributed by atoms with Crippen molar-refractivity contribution in [2.45, 2.75) is 32.0 Å². The molecule has 0 radical (unpaired) electrons. The number of aliphatic hydroxyl groups is 2. The zero-order valence-electron chi connectivity index (χ0n) is 13.7. The number of nitrogens with one attached hydrogen (secondary N) is 1. The first-order chi connectivity index (χ1) is 11.6.